The number of aromatic nitrogens is 2. The molecule has 3 aliphatic rings. The van der Waals surface area contributed by atoms with Crippen LogP contribution in [0.15, 0.2) is 29.2 Å². The Kier molecular flexibility index (Phi) is 4.02. The van der Waals surface area contributed by atoms with Gasteiger partial charge in [-0.25, -0.2) is 4.39 Å². The lowest BCUT2D eigenvalue weighted by Crippen LogP contribution is -2.51. The Hall–Kier alpha value is -1.62. The van der Waals surface area contributed by atoms with Gasteiger partial charge in [0.15, 0.2) is 0 Å². The summed E-state index contributed by atoms with van der Waals surface area (Å²) in [4.78, 5) is 12.9. The first-order valence-corrected chi connectivity index (χ1v) is 9.45. The number of nitrogens with zero attached hydrogens (tertiary/aromatic N) is 2. The van der Waals surface area contributed by atoms with Crippen molar-refractivity contribution in [2.75, 3.05) is 0 Å². The van der Waals surface area contributed by atoms with Crippen molar-refractivity contribution in [2.24, 2.45) is 18.9 Å². The van der Waals surface area contributed by atoms with E-state index in [0.717, 1.165) is 31.3 Å². The molecule has 1 amide bonds. The highest BCUT2D eigenvalue weighted by molar-refractivity contribution is 6.32. The highest BCUT2D eigenvalue weighted by atomic mass is 35.5. The number of carbonyl (C=O) groups excluding carboxylic acids is 1. The van der Waals surface area contributed by atoms with Crippen molar-refractivity contribution < 1.29 is 9.18 Å². The molecule has 0 aromatic carbocycles. The average molecular weight is 364 g/mol. The molecule has 2 bridgehead atoms. The number of hydrogen-bond acceptors (Lipinski definition) is 2. The van der Waals surface area contributed by atoms with E-state index in [4.69, 9.17) is 11.6 Å². The summed E-state index contributed by atoms with van der Waals surface area (Å²) in [6.45, 7) is 2.17. The molecule has 4 rings (SSSR count). The maximum absolute atomic E-state index is 13.9. The molecule has 1 heterocycles. The fraction of sp³-hybridized carbons (Fsp3) is 0.579. The molecule has 3 atom stereocenters. The number of hydrogen-bond donors (Lipinski definition) is 1. The van der Waals surface area contributed by atoms with E-state index < -0.39 is 0 Å². The van der Waals surface area contributed by atoms with Crippen molar-refractivity contribution in [3.05, 3.63) is 40.0 Å². The molecule has 0 aliphatic heterocycles. The standard InChI is InChI=1S/C19H23ClFN3O/c1-3-4-15-12-7-8-19(15,16-6-5-11(21)9-13(12)16)23-18(25)14-10-22-24(2)17(14)20/h9-10,12,15H,3-8H2,1-2H3,(H,23,25). The molecule has 0 saturated heterocycles. The van der Waals surface area contributed by atoms with Gasteiger partial charge in [-0.2, -0.15) is 5.10 Å². The lowest BCUT2D eigenvalue weighted by molar-refractivity contribution is 0.0891. The summed E-state index contributed by atoms with van der Waals surface area (Å²) >= 11 is 6.21. The molecule has 4 nitrogen and oxygen atoms in total. The third-order valence-electron chi connectivity index (χ3n) is 6.23. The fourth-order valence-electron chi connectivity index (χ4n) is 5.22. The van der Waals surface area contributed by atoms with Gasteiger partial charge in [-0.3, -0.25) is 9.48 Å². The van der Waals surface area contributed by atoms with Crippen LogP contribution in [0.2, 0.25) is 5.15 Å². The monoisotopic (exact) mass is 363 g/mol. The molecular formula is C19H23ClFN3O. The largest absolute Gasteiger partial charge is 0.342 e. The second-order valence-electron chi connectivity index (χ2n) is 7.46. The zero-order chi connectivity index (χ0) is 17.8. The first-order valence-electron chi connectivity index (χ1n) is 9.07. The second kappa shape index (κ2) is 5.97. The Morgan fingerprint density at radius 1 is 1.52 bits per heavy atom. The minimum atomic E-state index is -0.344. The lowest BCUT2D eigenvalue weighted by Gasteiger charge is -2.37. The van der Waals surface area contributed by atoms with Crippen LogP contribution < -0.4 is 5.32 Å². The van der Waals surface area contributed by atoms with Crippen LogP contribution in [0.3, 0.4) is 0 Å². The Morgan fingerprint density at radius 2 is 2.32 bits per heavy atom. The van der Waals surface area contributed by atoms with E-state index in [1.807, 2.05) is 0 Å². The van der Waals surface area contributed by atoms with Crippen LogP contribution in [0, 0.1) is 11.8 Å². The van der Waals surface area contributed by atoms with Crippen molar-refractivity contribution in [3.8, 4) is 0 Å². The molecule has 6 heteroatoms. The van der Waals surface area contributed by atoms with Gasteiger partial charge in [0.25, 0.3) is 5.91 Å². The van der Waals surface area contributed by atoms with E-state index in [0.29, 0.717) is 35.4 Å². The smallest absolute Gasteiger partial charge is 0.256 e. The number of carbonyl (C=O) groups is 1. The molecule has 25 heavy (non-hydrogen) atoms. The number of fused-ring (bicyclic) bond motifs is 4. The van der Waals surface area contributed by atoms with E-state index in [2.05, 4.69) is 17.3 Å². The van der Waals surface area contributed by atoms with Gasteiger partial charge in [0.05, 0.1) is 17.3 Å². The second-order valence-corrected chi connectivity index (χ2v) is 7.82. The number of aryl methyl sites for hydroxylation is 1. The van der Waals surface area contributed by atoms with Gasteiger partial charge in [-0.1, -0.05) is 24.9 Å². The Bertz CT molecular complexity index is 797. The topological polar surface area (TPSA) is 46.9 Å². The van der Waals surface area contributed by atoms with Crippen LogP contribution in [-0.4, -0.2) is 21.2 Å². The van der Waals surface area contributed by atoms with E-state index in [-0.39, 0.29) is 17.3 Å². The van der Waals surface area contributed by atoms with Crippen molar-refractivity contribution in [1.29, 1.82) is 0 Å². The zero-order valence-electron chi connectivity index (χ0n) is 14.6. The SMILES string of the molecule is CCCC1C2CCC1(NC(=O)c1cnn(C)c1Cl)C1=C2C=C(F)CC1. The molecule has 1 saturated carbocycles. The molecule has 1 N–H and O–H groups in total. The first-order chi connectivity index (χ1) is 12.0. The first kappa shape index (κ1) is 16.8. The van der Waals surface area contributed by atoms with E-state index in [1.165, 1.54) is 16.5 Å². The summed E-state index contributed by atoms with van der Waals surface area (Å²) in [6, 6.07) is 0. The summed E-state index contributed by atoms with van der Waals surface area (Å²) in [5.74, 6) is 0.511. The van der Waals surface area contributed by atoms with Gasteiger partial charge < -0.3 is 5.32 Å². The molecular weight excluding hydrogens is 341 g/mol. The number of amides is 1. The summed E-state index contributed by atoms with van der Waals surface area (Å²) in [5, 5.41) is 7.73. The van der Waals surface area contributed by atoms with E-state index in [9.17, 15) is 9.18 Å². The number of halogens is 2. The van der Waals surface area contributed by atoms with Gasteiger partial charge in [0, 0.05) is 13.5 Å². The van der Waals surface area contributed by atoms with Crippen molar-refractivity contribution in [3.63, 3.8) is 0 Å². The van der Waals surface area contributed by atoms with E-state index in [1.54, 1.807) is 13.1 Å². The fourth-order valence-corrected chi connectivity index (χ4v) is 5.40. The van der Waals surface area contributed by atoms with Crippen LogP contribution in [0.25, 0.3) is 0 Å². The number of nitrogens with one attached hydrogen (secondary N) is 1. The van der Waals surface area contributed by atoms with Gasteiger partial charge in [0.2, 0.25) is 0 Å². The molecule has 3 unspecified atom stereocenters. The quantitative estimate of drug-likeness (QED) is 0.865. The van der Waals surface area contributed by atoms with E-state index >= 15 is 0 Å². The molecule has 1 aromatic heterocycles. The minimum absolute atomic E-state index is 0.0293. The molecule has 0 spiro atoms. The lowest BCUT2D eigenvalue weighted by atomic mass is 9.78. The Balaban J connectivity index is 1.72. The predicted octanol–water partition coefficient (Wildman–Crippen LogP) is 4.33. The highest BCUT2D eigenvalue weighted by Gasteiger charge is 2.58. The predicted molar refractivity (Wildman–Crippen MR) is 95.0 cm³/mol. The highest BCUT2D eigenvalue weighted by Crippen LogP contribution is 2.60. The van der Waals surface area contributed by atoms with Crippen LogP contribution in [0.5, 0.6) is 0 Å². The minimum Gasteiger partial charge on any atom is -0.342 e. The van der Waals surface area contributed by atoms with Gasteiger partial charge >= 0.3 is 0 Å². The summed E-state index contributed by atoms with van der Waals surface area (Å²) in [5.41, 5.74) is 2.45. The van der Waals surface area contributed by atoms with Gasteiger partial charge in [-0.15, -0.1) is 0 Å². The van der Waals surface area contributed by atoms with Gasteiger partial charge in [-0.05, 0) is 54.7 Å². The summed E-state index contributed by atoms with van der Waals surface area (Å²) in [7, 11) is 1.72. The summed E-state index contributed by atoms with van der Waals surface area (Å²) < 4.78 is 15.4. The zero-order valence-corrected chi connectivity index (χ0v) is 15.4. The molecule has 134 valence electrons. The third kappa shape index (κ3) is 2.39. The number of allylic oxidation sites excluding steroid dienone is 3. The van der Waals surface area contributed by atoms with Crippen LogP contribution in [-0.2, 0) is 7.05 Å². The van der Waals surface area contributed by atoms with Crippen LogP contribution >= 0.6 is 11.6 Å². The third-order valence-corrected chi connectivity index (χ3v) is 6.68. The van der Waals surface area contributed by atoms with Crippen LogP contribution in [0.1, 0.15) is 55.8 Å². The molecule has 0 radical (unpaired) electrons. The molecule has 3 aliphatic carbocycles. The summed E-state index contributed by atoms with van der Waals surface area (Å²) in [6.07, 6.45) is 8.42. The maximum atomic E-state index is 13.9. The van der Waals surface area contributed by atoms with Crippen LogP contribution in [0.4, 0.5) is 4.39 Å². The van der Waals surface area contributed by atoms with Crippen molar-refractivity contribution in [1.82, 2.24) is 15.1 Å². The average Bonchev–Trinajstić information content (AvgIpc) is 3.17. The Labute approximate surface area is 152 Å². The number of rotatable bonds is 4. The van der Waals surface area contributed by atoms with Crippen molar-refractivity contribution >= 4 is 17.5 Å². The van der Waals surface area contributed by atoms with Gasteiger partial charge in [0.1, 0.15) is 11.0 Å². The van der Waals surface area contributed by atoms with Crippen molar-refractivity contribution in [2.45, 2.75) is 51.0 Å². The molecule has 1 aromatic rings. The Morgan fingerprint density at radius 3 is 3.00 bits per heavy atom. The normalized spacial score (nSPS) is 30.5. The maximum Gasteiger partial charge on any atom is 0.256 e. The molecule has 1 fully saturated rings.